The maximum Gasteiger partial charge on any atom is 0.348 e. The Labute approximate surface area is 200 Å². The first kappa shape index (κ1) is 24.7. The molecule has 1 unspecified atom stereocenters. The number of carbonyl (C=O) groups is 2. The third-order valence-electron chi connectivity index (χ3n) is 5.58. The van der Waals surface area contributed by atoms with Gasteiger partial charge in [0.1, 0.15) is 29.6 Å². The lowest BCUT2D eigenvalue weighted by molar-refractivity contribution is -0.190. The molecule has 3 aromatic rings. The third-order valence-corrected chi connectivity index (χ3v) is 5.75. The largest absolute Gasteiger partial charge is 0.479 e. The molecular formula is C20H19ClFN5O8. The summed E-state index contributed by atoms with van der Waals surface area (Å²) < 4.78 is 25.4. The lowest BCUT2D eigenvalue weighted by atomic mass is 9.94. The van der Waals surface area contributed by atoms with E-state index in [2.05, 4.69) is 15.0 Å². The highest BCUT2D eigenvalue weighted by molar-refractivity contribution is 6.28. The van der Waals surface area contributed by atoms with Crippen LogP contribution in [0.15, 0.2) is 30.6 Å². The number of carboxylic acids is 2. The molecule has 1 saturated heterocycles. The maximum atomic E-state index is 13.2. The number of nitrogens with zero attached hydrogens (tertiary/aromatic N) is 4. The number of nitrogen functional groups attached to an aromatic ring is 1. The van der Waals surface area contributed by atoms with Crippen LogP contribution >= 0.6 is 11.6 Å². The van der Waals surface area contributed by atoms with E-state index in [4.69, 9.17) is 26.8 Å². The van der Waals surface area contributed by atoms with Crippen molar-refractivity contribution in [3.63, 3.8) is 0 Å². The van der Waals surface area contributed by atoms with Gasteiger partial charge >= 0.3 is 11.9 Å². The van der Waals surface area contributed by atoms with Gasteiger partial charge < -0.3 is 35.6 Å². The average Bonchev–Trinajstić information content (AvgIpc) is 3.33. The molecule has 0 radical (unpaired) electrons. The van der Waals surface area contributed by atoms with Gasteiger partial charge in [0.15, 0.2) is 17.7 Å². The summed E-state index contributed by atoms with van der Waals surface area (Å²) in [5.74, 6) is -4.25. The van der Waals surface area contributed by atoms with Gasteiger partial charge in [0, 0.05) is 6.42 Å². The Kier molecular flexibility index (Phi) is 6.57. The van der Waals surface area contributed by atoms with Crippen LogP contribution in [-0.2, 0) is 25.5 Å². The maximum absolute atomic E-state index is 13.2. The summed E-state index contributed by atoms with van der Waals surface area (Å²) in [6, 6.07) is 4.55. The molecule has 4 rings (SSSR count). The minimum absolute atomic E-state index is 0.0276. The molecule has 1 aliphatic rings. The van der Waals surface area contributed by atoms with Crippen molar-refractivity contribution in [3.8, 4) is 0 Å². The zero-order valence-electron chi connectivity index (χ0n) is 17.7. The van der Waals surface area contributed by atoms with E-state index in [1.165, 1.54) is 23.0 Å². The van der Waals surface area contributed by atoms with Crippen molar-refractivity contribution < 1.29 is 43.9 Å². The number of hydrogen-bond donors (Lipinski definition) is 5. The lowest BCUT2D eigenvalue weighted by Crippen LogP contribution is -2.52. The molecule has 0 bridgehead atoms. The summed E-state index contributed by atoms with van der Waals surface area (Å²) in [5, 5.41) is 40.2. The van der Waals surface area contributed by atoms with Crippen molar-refractivity contribution >= 4 is 40.5 Å². The van der Waals surface area contributed by atoms with E-state index < -0.39 is 60.9 Å². The molecule has 1 aliphatic heterocycles. The van der Waals surface area contributed by atoms with Gasteiger partial charge in [0.2, 0.25) is 5.28 Å². The van der Waals surface area contributed by atoms with Crippen molar-refractivity contribution in [2.24, 2.45) is 0 Å². The second kappa shape index (κ2) is 9.31. The standard InChI is InChI=1S/C20H19ClFN5O8/c21-19-25-14(23)11-15(26-19)27(7-24-11)16-13(29)12(28)10(35-16)6-34-20(17(30)31,18(32)33)5-8-1-3-9(22)4-2-8/h1-4,7,10,12-13,16,28-29H,5-6H2,(H,30,31)(H,32,33)(H2,23,25,26)/t10?,12-,13-,16-/m1/s1. The highest BCUT2D eigenvalue weighted by Crippen LogP contribution is 2.33. The van der Waals surface area contributed by atoms with Crippen molar-refractivity contribution in [1.82, 2.24) is 19.5 Å². The Hall–Kier alpha value is -3.43. The smallest absolute Gasteiger partial charge is 0.348 e. The fraction of sp³-hybridized carbons (Fsp3) is 0.350. The topological polar surface area (TPSA) is 203 Å². The molecule has 15 heteroatoms. The Morgan fingerprint density at radius 2 is 1.83 bits per heavy atom. The third kappa shape index (κ3) is 4.49. The molecule has 0 aliphatic carbocycles. The van der Waals surface area contributed by atoms with Crippen molar-refractivity contribution in [2.75, 3.05) is 12.3 Å². The first-order chi connectivity index (χ1) is 16.5. The number of hydrogen-bond acceptors (Lipinski definition) is 10. The number of aromatic nitrogens is 4. The number of nitrogens with two attached hydrogens (primary N) is 1. The van der Waals surface area contributed by atoms with Crippen LogP contribution in [0.3, 0.4) is 0 Å². The summed E-state index contributed by atoms with van der Waals surface area (Å²) in [5.41, 5.74) is 3.43. The second-order valence-electron chi connectivity index (χ2n) is 7.80. The molecule has 0 saturated carbocycles. The van der Waals surface area contributed by atoms with Gasteiger partial charge in [-0.15, -0.1) is 0 Å². The Morgan fingerprint density at radius 1 is 1.17 bits per heavy atom. The predicted molar refractivity (Wildman–Crippen MR) is 115 cm³/mol. The summed E-state index contributed by atoms with van der Waals surface area (Å²) in [6.07, 6.45) is -5.18. The van der Waals surface area contributed by atoms with E-state index in [0.29, 0.717) is 0 Å². The van der Waals surface area contributed by atoms with Gasteiger partial charge in [-0.1, -0.05) is 12.1 Å². The number of aliphatic hydroxyl groups excluding tert-OH is 2. The van der Waals surface area contributed by atoms with Gasteiger partial charge in [-0.2, -0.15) is 9.97 Å². The van der Waals surface area contributed by atoms with E-state index in [9.17, 15) is 34.4 Å². The van der Waals surface area contributed by atoms with Crippen LogP contribution in [0.25, 0.3) is 11.2 Å². The number of imidazole rings is 1. The summed E-state index contributed by atoms with van der Waals surface area (Å²) in [6.45, 7) is -0.723. The van der Waals surface area contributed by atoms with Crippen molar-refractivity contribution in [1.29, 1.82) is 0 Å². The van der Waals surface area contributed by atoms with Crippen LogP contribution in [0.4, 0.5) is 10.2 Å². The Morgan fingerprint density at radius 3 is 2.46 bits per heavy atom. The first-order valence-electron chi connectivity index (χ1n) is 10.1. The summed E-state index contributed by atoms with van der Waals surface area (Å²) >= 11 is 5.84. The molecule has 1 aromatic carbocycles. The SMILES string of the molecule is Nc1nc(Cl)nc2c1ncn2[C@@H]1OC(COC(Cc2ccc(F)cc2)(C(=O)O)C(=O)O)[C@@H](O)[C@H]1O. The van der Waals surface area contributed by atoms with Crippen molar-refractivity contribution in [3.05, 3.63) is 47.3 Å². The number of ether oxygens (including phenoxy) is 2. The molecular weight excluding hydrogens is 493 g/mol. The first-order valence-corrected chi connectivity index (χ1v) is 10.4. The quantitative estimate of drug-likeness (QED) is 0.200. The normalized spacial score (nSPS) is 22.5. The van der Waals surface area contributed by atoms with Crippen LogP contribution in [0, 0.1) is 5.82 Å². The van der Waals surface area contributed by atoms with Crippen LogP contribution in [0.1, 0.15) is 11.8 Å². The van der Waals surface area contributed by atoms with E-state index >= 15 is 0 Å². The Balaban J connectivity index is 1.57. The van der Waals surface area contributed by atoms with E-state index in [0.717, 1.165) is 12.1 Å². The van der Waals surface area contributed by atoms with Gasteiger partial charge in [0.25, 0.3) is 5.60 Å². The number of benzene rings is 1. The number of rotatable bonds is 8. The molecule has 1 fully saturated rings. The number of aliphatic hydroxyl groups is 2. The highest BCUT2D eigenvalue weighted by atomic mass is 35.5. The average molecular weight is 512 g/mol. The fourth-order valence-electron chi connectivity index (χ4n) is 3.72. The summed E-state index contributed by atoms with van der Waals surface area (Å²) in [4.78, 5) is 35.7. The molecule has 2 aromatic heterocycles. The highest BCUT2D eigenvalue weighted by Gasteiger charge is 2.51. The van der Waals surface area contributed by atoms with Gasteiger partial charge in [-0.05, 0) is 29.3 Å². The molecule has 3 heterocycles. The number of anilines is 1. The van der Waals surface area contributed by atoms with Crippen molar-refractivity contribution in [2.45, 2.75) is 36.6 Å². The van der Waals surface area contributed by atoms with Crippen LogP contribution < -0.4 is 5.73 Å². The number of aliphatic carboxylic acids is 2. The monoisotopic (exact) mass is 511 g/mol. The van der Waals surface area contributed by atoms with E-state index in [-0.39, 0.29) is 27.8 Å². The molecule has 0 spiro atoms. The van der Waals surface area contributed by atoms with Gasteiger partial charge in [0.05, 0.1) is 12.9 Å². The number of halogens is 2. The molecule has 13 nitrogen and oxygen atoms in total. The minimum atomic E-state index is -2.78. The minimum Gasteiger partial charge on any atom is -0.479 e. The zero-order valence-corrected chi connectivity index (χ0v) is 18.4. The Bertz CT molecular complexity index is 1260. The molecule has 186 valence electrons. The van der Waals surface area contributed by atoms with E-state index in [1.54, 1.807) is 0 Å². The van der Waals surface area contributed by atoms with Gasteiger partial charge in [-0.25, -0.2) is 19.0 Å². The van der Waals surface area contributed by atoms with E-state index in [1.807, 2.05) is 0 Å². The van der Waals surface area contributed by atoms with Crippen LogP contribution in [0.5, 0.6) is 0 Å². The van der Waals surface area contributed by atoms with Crippen LogP contribution in [-0.4, -0.2) is 82.4 Å². The predicted octanol–water partition coefficient (Wildman–Crippen LogP) is -0.0125. The lowest BCUT2D eigenvalue weighted by Gasteiger charge is -2.27. The van der Waals surface area contributed by atoms with Gasteiger partial charge in [-0.3, -0.25) is 4.57 Å². The summed E-state index contributed by atoms with van der Waals surface area (Å²) in [7, 11) is 0. The number of fused-ring (bicyclic) bond motifs is 1. The fourth-order valence-corrected chi connectivity index (χ4v) is 3.90. The molecule has 4 atom stereocenters. The number of carboxylic acid groups (broad SMARTS) is 2. The molecule has 35 heavy (non-hydrogen) atoms. The zero-order chi connectivity index (χ0) is 25.5. The molecule has 6 N–H and O–H groups in total. The van der Waals surface area contributed by atoms with Crippen LogP contribution in [0.2, 0.25) is 5.28 Å². The second-order valence-corrected chi connectivity index (χ2v) is 8.14. The molecule has 0 amide bonds.